The van der Waals surface area contributed by atoms with Crippen molar-refractivity contribution in [3.8, 4) is 0 Å². The molecule has 2 rings (SSSR count). The summed E-state index contributed by atoms with van der Waals surface area (Å²) < 4.78 is 0. The molecular weight excluding hydrogens is 232 g/mol. The number of anilines is 2. The fourth-order valence-electron chi connectivity index (χ4n) is 2.64. The van der Waals surface area contributed by atoms with Gasteiger partial charge in [0.15, 0.2) is 0 Å². The predicted molar refractivity (Wildman–Crippen MR) is 70.5 cm³/mol. The maximum atomic E-state index is 10.7. The summed E-state index contributed by atoms with van der Waals surface area (Å²) in [6, 6.07) is 3.11. The molecule has 6 heteroatoms. The van der Waals surface area contributed by atoms with Crippen LogP contribution in [-0.4, -0.2) is 23.0 Å². The Labute approximate surface area is 106 Å². The first kappa shape index (κ1) is 12.6. The second kappa shape index (κ2) is 4.80. The second-order valence-electron chi connectivity index (χ2n) is 5.18. The molecule has 0 saturated carbocycles. The number of aromatic nitrogens is 1. The summed E-state index contributed by atoms with van der Waals surface area (Å²) in [5, 5.41) is 10.7. The monoisotopic (exact) mass is 250 g/mol. The highest BCUT2D eigenvalue weighted by Crippen LogP contribution is 2.28. The largest absolute Gasteiger partial charge is 0.378 e. The number of pyridine rings is 1. The number of hydrogen-bond acceptors (Lipinski definition) is 5. The van der Waals surface area contributed by atoms with Gasteiger partial charge in [-0.3, -0.25) is 10.1 Å². The molecule has 0 spiro atoms. The van der Waals surface area contributed by atoms with Gasteiger partial charge in [0.2, 0.25) is 5.82 Å². The van der Waals surface area contributed by atoms with Gasteiger partial charge in [0.1, 0.15) is 5.82 Å². The molecule has 98 valence electrons. The molecule has 0 unspecified atom stereocenters. The fourth-order valence-corrected chi connectivity index (χ4v) is 2.64. The van der Waals surface area contributed by atoms with Crippen LogP contribution in [-0.2, 0) is 0 Å². The molecule has 1 saturated heterocycles. The fraction of sp³-hybridized carbons (Fsp3) is 0.583. The van der Waals surface area contributed by atoms with Crippen molar-refractivity contribution in [3.05, 3.63) is 22.2 Å². The quantitative estimate of drug-likeness (QED) is 0.641. The zero-order chi connectivity index (χ0) is 13.3. The van der Waals surface area contributed by atoms with Crippen LogP contribution >= 0.6 is 0 Å². The smallest absolute Gasteiger partial charge is 0.311 e. The summed E-state index contributed by atoms with van der Waals surface area (Å²) in [5.74, 6) is 1.93. The van der Waals surface area contributed by atoms with E-state index in [1.807, 2.05) is 0 Å². The summed E-state index contributed by atoms with van der Waals surface area (Å²) in [7, 11) is 0. The van der Waals surface area contributed by atoms with E-state index in [9.17, 15) is 10.1 Å². The van der Waals surface area contributed by atoms with E-state index in [-0.39, 0.29) is 11.5 Å². The van der Waals surface area contributed by atoms with Crippen LogP contribution in [0.3, 0.4) is 0 Å². The molecule has 0 bridgehead atoms. The maximum absolute atomic E-state index is 10.7. The summed E-state index contributed by atoms with van der Waals surface area (Å²) >= 11 is 0. The van der Waals surface area contributed by atoms with Crippen molar-refractivity contribution in [1.82, 2.24) is 4.98 Å². The van der Waals surface area contributed by atoms with Crippen molar-refractivity contribution in [1.29, 1.82) is 0 Å². The molecule has 2 N–H and O–H groups in total. The number of nitro groups is 1. The third kappa shape index (κ3) is 2.52. The van der Waals surface area contributed by atoms with E-state index >= 15 is 0 Å². The average Bonchev–Trinajstić information content (AvgIpc) is 2.26. The molecule has 2 heterocycles. The normalized spacial score (nSPS) is 24.0. The number of nitrogens with zero attached hydrogens (tertiary/aromatic N) is 3. The zero-order valence-corrected chi connectivity index (χ0v) is 10.7. The first-order valence-electron chi connectivity index (χ1n) is 6.13. The van der Waals surface area contributed by atoms with E-state index < -0.39 is 4.92 Å². The van der Waals surface area contributed by atoms with Crippen LogP contribution in [0, 0.1) is 22.0 Å². The van der Waals surface area contributed by atoms with Crippen molar-refractivity contribution in [2.75, 3.05) is 23.7 Å². The lowest BCUT2D eigenvalue weighted by atomic mass is 9.92. The van der Waals surface area contributed by atoms with Crippen LogP contribution in [0.15, 0.2) is 12.1 Å². The Hall–Kier alpha value is -1.85. The molecule has 0 aromatic carbocycles. The first-order valence-corrected chi connectivity index (χ1v) is 6.13. The van der Waals surface area contributed by atoms with Gasteiger partial charge in [-0.1, -0.05) is 13.8 Å². The average molecular weight is 250 g/mol. The Morgan fingerprint density at radius 3 is 2.50 bits per heavy atom. The Bertz CT molecular complexity index is 453. The molecule has 6 nitrogen and oxygen atoms in total. The highest BCUT2D eigenvalue weighted by atomic mass is 16.6. The number of nitrogens with two attached hydrogens (primary N) is 1. The van der Waals surface area contributed by atoms with Crippen LogP contribution in [0.4, 0.5) is 17.3 Å². The van der Waals surface area contributed by atoms with E-state index in [0.717, 1.165) is 18.9 Å². The Balaban J connectivity index is 2.23. The van der Waals surface area contributed by atoms with Gasteiger partial charge in [0.25, 0.3) is 0 Å². The van der Waals surface area contributed by atoms with E-state index in [1.165, 1.54) is 12.5 Å². The topological polar surface area (TPSA) is 85.3 Å². The van der Waals surface area contributed by atoms with Crippen molar-refractivity contribution < 1.29 is 4.92 Å². The van der Waals surface area contributed by atoms with E-state index in [1.54, 1.807) is 6.07 Å². The number of piperidine rings is 1. The minimum atomic E-state index is -0.506. The standard InChI is InChI=1S/C12H18N4O2/c1-8-5-9(2)7-15(6-8)11-4-3-10(16(17)18)12(13)14-11/h3-4,8-9H,5-7H2,1-2H3,(H2,13,14)/t8-,9-/m0/s1. The molecular formula is C12H18N4O2. The van der Waals surface area contributed by atoms with Crippen LogP contribution in [0.5, 0.6) is 0 Å². The van der Waals surface area contributed by atoms with Crippen molar-refractivity contribution in [3.63, 3.8) is 0 Å². The minimum Gasteiger partial charge on any atom is -0.378 e. The van der Waals surface area contributed by atoms with Gasteiger partial charge in [-0.05, 0) is 24.3 Å². The van der Waals surface area contributed by atoms with Gasteiger partial charge in [0.05, 0.1) is 4.92 Å². The number of hydrogen-bond donors (Lipinski definition) is 1. The molecule has 0 amide bonds. The maximum Gasteiger partial charge on any atom is 0.311 e. The molecule has 1 aliphatic rings. The Morgan fingerprint density at radius 2 is 2.00 bits per heavy atom. The molecule has 0 aliphatic carbocycles. The van der Waals surface area contributed by atoms with Gasteiger partial charge < -0.3 is 10.6 Å². The van der Waals surface area contributed by atoms with E-state index in [4.69, 9.17) is 5.73 Å². The van der Waals surface area contributed by atoms with Crippen molar-refractivity contribution in [2.45, 2.75) is 20.3 Å². The third-order valence-electron chi connectivity index (χ3n) is 3.28. The van der Waals surface area contributed by atoms with E-state index in [2.05, 4.69) is 23.7 Å². The highest BCUT2D eigenvalue weighted by molar-refractivity contribution is 5.58. The minimum absolute atomic E-state index is 0.0108. The summed E-state index contributed by atoms with van der Waals surface area (Å²) in [6.07, 6.45) is 1.21. The second-order valence-corrected chi connectivity index (χ2v) is 5.18. The molecule has 1 aromatic rings. The van der Waals surface area contributed by atoms with Crippen LogP contribution in [0.1, 0.15) is 20.3 Å². The van der Waals surface area contributed by atoms with Gasteiger partial charge in [-0.25, -0.2) is 4.98 Å². The van der Waals surface area contributed by atoms with Crippen LogP contribution in [0.2, 0.25) is 0 Å². The molecule has 18 heavy (non-hydrogen) atoms. The van der Waals surface area contributed by atoms with Crippen molar-refractivity contribution in [2.24, 2.45) is 11.8 Å². The molecule has 1 aromatic heterocycles. The first-order chi connectivity index (χ1) is 8.47. The lowest BCUT2D eigenvalue weighted by Gasteiger charge is -2.35. The van der Waals surface area contributed by atoms with Gasteiger partial charge >= 0.3 is 5.69 Å². The van der Waals surface area contributed by atoms with Crippen LogP contribution in [0.25, 0.3) is 0 Å². The van der Waals surface area contributed by atoms with Gasteiger partial charge in [-0.15, -0.1) is 0 Å². The Kier molecular flexibility index (Phi) is 3.36. The summed E-state index contributed by atoms with van der Waals surface area (Å²) in [4.78, 5) is 16.5. The Morgan fingerprint density at radius 1 is 1.39 bits per heavy atom. The lowest BCUT2D eigenvalue weighted by Crippen LogP contribution is -2.39. The van der Waals surface area contributed by atoms with Crippen LogP contribution < -0.4 is 10.6 Å². The number of nitrogen functional groups attached to an aromatic ring is 1. The number of rotatable bonds is 2. The molecule has 2 atom stereocenters. The third-order valence-corrected chi connectivity index (χ3v) is 3.28. The molecule has 1 aliphatic heterocycles. The molecule has 1 fully saturated rings. The lowest BCUT2D eigenvalue weighted by molar-refractivity contribution is -0.384. The van der Waals surface area contributed by atoms with Crippen molar-refractivity contribution >= 4 is 17.3 Å². The SMILES string of the molecule is C[C@H]1C[C@H](C)CN(c2ccc([N+](=O)[O-])c(N)n2)C1. The zero-order valence-electron chi connectivity index (χ0n) is 10.7. The predicted octanol–water partition coefficient (Wildman–Crippen LogP) is 2.05. The van der Waals surface area contributed by atoms with Gasteiger partial charge in [0, 0.05) is 19.2 Å². The summed E-state index contributed by atoms with van der Waals surface area (Å²) in [5.41, 5.74) is 5.49. The molecule has 0 radical (unpaired) electrons. The van der Waals surface area contributed by atoms with Gasteiger partial charge in [-0.2, -0.15) is 0 Å². The van der Waals surface area contributed by atoms with E-state index in [0.29, 0.717) is 11.8 Å². The summed E-state index contributed by atoms with van der Waals surface area (Å²) in [6.45, 7) is 6.26. The highest BCUT2D eigenvalue weighted by Gasteiger charge is 2.24.